The predicted octanol–water partition coefficient (Wildman–Crippen LogP) is 4.03. The first-order chi connectivity index (χ1) is 12.1. The molecule has 1 atom stereocenters. The van der Waals surface area contributed by atoms with Crippen LogP contribution in [-0.4, -0.2) is 38.1 Å². The number of nitrogens with zero attached hydrogens (tertiary/aromatic N) is 1. The number of likely N-dealkylation sites (N-methyl/N-ethyl adjacent to an activating group) is 1. The van der Waals surface area contributed by atoms with Gasteiger partial charge in [0.1, 0.15) is 5.75 Å². The Bertz CT molecular complexity index is 662. The highest BCUT2D eigenvalue weighted by Crippen LogP contribution is 2.23. The van der Waals surface area contributed by atoms with E-state index in [1.54, 1.807) is 0 Å². The minimum Gasteiger partial charge on any atom is -0.492 e. The van der Waals surface area contributed by atoms with E-state index in [0.29, 0.717) is 19.4 Å². The molecule has 5 heteroatoms. The summed E-state index contributed by atoms with van der Waals surface area (Å²) in [5, 5.41) is 3.13. The molecule has 0 aliphatic carbocycles. The summed E-state index contributed by atoms with van der Waals surface area (Å²) in [7, 11) is 4.02. The van der Waals surface area contributed by atoms with Gasteiger partial charge in [-0.3, -0.25) is 4.79 Å². The number of carbonyl (C=O) groups excluding carboxylic acids is 1. The van der Waals surface area contributed by atoms with Gasteiger partial charge in [-0.15, -0.1) is 0 Å². The van der Waals surface area contributed by atoms with Crippen molar-refractivity contribution < 1.29 is 9.53 Å². The number of hydrogen-bond donors (Lipinski definition) is 1. The van der Waals surface area contributed by atoms with Crippen molar-refractivity contribution in [3.8, 4) is 5.75 Å². The summed E-state index contributed by atoms with van der Waals surface area (Å²) in [6.07, 6.45) is 1.12. The van der Waals surface area contributed by atoms with E-state index in [1.807, 2.05) is 68.7 Å². The molecule has 4 nitrogen and oxygen atoms in total. The fraction of sp³-hybridized carbons (Fsp3) is 0.350. The lowest BCUT2D eigenvalue weighted by Crippen LogP contribution is -2.35. The Balaban J connectivity index is 1.80. The van der Waals surface area contributed by atoms with E-state index in [4.69, 9.17) is 4.74 Å². The maximum atomic E-state index is 12.3. The summed E-state index contributed by atoms with van der Waals surface area (Å²) in [5.41, 5.74) is 1.12. The van der Waals surface area contributed by atoms with Crippen LogP contribution in [0.15, 0.2) is 59.1 Å². The molecule has 0 fully saturated rings. The lowest BCUT2D eigenvalue weighted by Gasteiger charge is -2.23. The standard InChI is InChI=1S/C20H25BrN2O2/c1-23(2)15-18(16-9-4-3-5-10-16)22-20(24)13-8-14-25-19-12-7-6-11-17(19)21/h3-7,9-12,18H,8,13-15H2,1-2H3,(H,22,24). The Labute approximate surface area is 158 Å². The minimum atomic E-state index is -0.00659. The van der Waals surface area contributed by atoms with Crippen molar-refractivity contribution in [2.45, 2.75) is 18.9 Å². The van der Waals surface area contributed by atoms with Crippen LogP contribution >= 0.6 is 15.9 Å². The third kappa shape index (κ3) is 6.88. The van der Waals surface area contributed by atoms with Crippen LogP contribution in [0.4, 0.5) is 0 Å². The zero-order valence-corrected chi connectivity index (χ0v) is 16.3. The molecule has 0 aliphatic rings. The lowest BCUT2D eigenvalue weighted by atomic mass is 10.1. The van der Waals surface area contributed by atoms with Crippen molar-refractivity contribution in [1.82, 2.24) is 10.2 Å². The van der Waals surface area contributed by atoms with Crippen molar-refractivity contribution in [3.05, 3.63) is 64.6 Å². The SMILES string of the molecule is CN(C)CC(NC(=O)CCCOc1ccccc1Br)c1ccccc1. The number of rotatable bonds is 9. The Morgan fingerprint density at radius 2 is 1.80 bits per heavy atom. The van der Waals surface area contributed by atoms with Gasteiger partial charge in [0.25, 0.3) is 0 Å². The molecular weight excluding hydrogens is 380 g/mol. The van der Waals surface area contributed by atoms with Gasteiger partial charge in [0.15, 0.2) is 0 Å². The maximum Gasteiger partial charge on any atom is 0.220 e. The van der Waals surface area contributed by atoms with Gasteiger partial charge >= 0.3 is 0 Å². The van der Waals surface area contributed by atoms with Crippen LogP contribution in [0.2, 0.25) is 0 Å². The highest BCUT2D eigenvalue weighted by molar-refractivity contribution is 9.10. The molecule has 134 valence electrons. The Hall–Kier alpha value is -1.85. The molecule has 1 N–H and O–H groups in total. The summed E-state index contributed by atoms with van der Waals surface area (Å²) in [4.78, 5) is 14.4. The van der Waals surface area contributed by atoms with E-state index in [2.05, 4.69) is 26.1 Å². The van der Waals surface area contributed by atoms with E-state index < -0.39 is 0 Å². The molecule has 0 aliphatic heterocycles. The fourth-order valence-electron chi connectivity index (χ4n) is 2.53. The van der Waals surface area contributed by atoms with Gasteiger partial charge in [-0.2, -0.15) is 0 Å². The minimum absolute atomic E-state index is 0.00659. The topological polar surface area (TPSA) is 41.6 Å². The predicted molar refractivity (Wildman–Crippen MR) is 105 cm³/mol. The summed E-state index contributed by atoms with van der Waals surface area (Å²) >= 11 is 3.45. The molecule has 2 aromatic rings. The third-order valence-corrected chi connectivity index (χ3v) is 4.38. The fourth-order valence-corrected chi connectivity index (χ4v) is 2.93. The van der Waals surface area contributed by atoms with Crippen LogP contribution in [0.3, 0.4) is 0 Å². The first-order valence-corrected chi connectivity index (χ1v) is 9.22. The molecule has 0 heterocycles. The van der Waals surface area contributed by atoms with E-state index in [0.717, 1.165) is 22.3 Å². The third-order valence-electron chi connectivity index (χ3n) is 3.73. The van der Waals surface area contributed by atoms with Crippen molar-refractivity contribution in [2.75, 3.05) is 27.2 Å². The molecule has 0 radical (unpaired) electrons. The van der Waals surface area contributed by atoms with E-state index in [1.165, 1.54) is 0 Å². The summed E-state index contributed by atoms with van der Waals surface area (Å²) in [6.45, 7) is 1.28. The number of benzene rings is 2. The number of nitrogens with one attached hydrogen (secondary N) is 1. The molecule has 0 saturated heterocycles. The van der Waals surface area contributed by atoms with Gasteiger partial charge in [0.2, 0.25) is 5.91 Å². The number of ether oxygens (including phenoxy) is 1. The van der Waals surface area contributed by atoms with Gasteiger partial charge in [-0.25, -0.2) is 0 Å². The summed E-state index contributed by atoms with van der Waals surface area (Å²) in [6, 6.07) is 17.8. The normalized spacial score (nSPS) is 12.0. The first-order valence-electron chi connectivity index (χ1n) is 8.42. The smallest absolute Gasteiger partial charge is 0.220 e. The molecule has 0 aromatic heterocycles. The summed E-state index contributed by atoms with van der Waals surface area (Å²) < 4.78 is 6.63. The van der Waals surface area contributed by atoms with Crippen molar-refractivity contribution in [1.29, 1.82) is 0 Å². The average Bonchev–Trinajstić information content (AvgIpc) is 2.60. The van der Waals surface area contributed by atoms with E-state index >= 15 is 0 Å². The number of amides is 1. The highest BCUT2D eigenvalue weighted by Gasteiger charge is 2.15. The van der Waals surface area contributed by atoms with Gasteiger partial charge in [0, 0.05) is 13.0 Å². The highest BCUT2D eigenvalue weighted by atomic mass is 79.9. The average molecular weight is 405 g/mol. The molecule has 1 unspecified atom stereocenters. The number of carbonyl (C=O) groups is 1. The zero-order chi connectivity index (χ0) is 18.1. The van der Waals surface area contributed by atoms with E-state index in [9.17, 15) is 4.79 Å². The second-order valence-corrected chi connectivity index (χ2v) is 7.03. The van der Waals surface area contributed by atoms with Crippen molar-refractivity contribution in [2.24, 2.45) is 0 Å². The van der Waals surface area contributed by atoms with Gasteiger partial charge in [-0.05, 0) is 54.1 Å². The molecule has 0 spiro atoms. The van der Waals surface area contributed by atoms with Crippen LogP contribution in [0.1, 0.15) is 24.4 Å². The van der Waals surface area contributed by atoms with Crippen LogP contribution in [0.5, 0.6) is 5.75 Å². The number of para-hydroxylation sites is 1. The maximum absolute atomic E-state index is 12.3. The Kier molecular flexibility index (Phi) is 7.95. The molecule has 0 saturated carbocycles. The molecule has 0 bridgehead atoms. The Morgan fingerprint density at radius 3 is 2.48 bits per heavy atom. The Morgan fingerprint density at radius 1 is 1.12 bits per heavy atom. The second kappa shape index (κ2) is 10.2. The van der Waals surface area contributed by atoms with Gasteiger partial charge < -0.3 is 15.0 Å². The zero-order valence-electron chi connectivity index (χ0n) is 14.7. The van der Waals surface area contributed by atoms with Crippen molar-refractivity contribution >= 4 is 21.8 Å². The van der Waals surface area contributed by atoms with Gasteiger partial charge in [-0.1, -0.05) is 42.5 Å². The monoisotopic (exact) mass is 404 g/mol. The second-order valence-electron chi connectivity index (χ2n) is 6.18. The van der Waals surface area contributed by atoms with Crippen LogP contribution < -0.4 is 10.1 Å². The van der Waals surface area contributed by atoms with Crippen LogP contribution in [0, 0.1) is 0 Å². The largest absolute Gasteiger partial charge is 0.492 e. The van der Waals surface area contributed by atoms with E-state index in [-0.39, 0.29) is 11.9 Å². The summed E-state index contributed by atoms with van der Waals surface area (Å²) in [5.74, 6) is 0.851. The molecule has 25 heavy (non-hydrogen) atoms. The van der Waals surface area contributed by atoms with Crippen molar-refractivity contribution in [3.63, 3.8) is 0 Å². The molecule has 2 rings (SSSR count). The first kappa shape index (κ1) is 19.5. The molecular formula is C20H25BrN2O2. The van der Waals surface area contributed by atoms with Crippen LogP contribution in [-0.2, 0) is 4.79 Å². The van der Waals surface area contributed by atoms with Crippen LogP contribution in [0.25, 0.3) is 0 Å². The van der Waals surface area contributed by atoms with Gasteiger partial charge in [0.05, 0.1) is 17.1 Å². The number of hydrogen-bond acceptors (Lipinski definition) is 3. The lowest BCUT2D eigenvalue weighted by molar-refractivity contribution is -0.122. The molecule has 2 aromatic carbocycles. The molecule has 1 amide bonds. The quantitative estimate of drug-likeness (QED) is 0.641. The number of halogens is 1.